The first kappa shape index (κ1) is 19.5. The number of phenols is 1. The van der Waals surface area contributed by atoms with Crippen LogP contribution in [0.2, 0.25) is 0 Å². The summed E-state index contributed by atoms with van der Waals surface area (Å²) in [6.45, 7) is 9.31. The number of aromatic hydroxyl groups is 1. The molecule has 0 unspecified atom stereocenters. The number of rotatable bonds is 7. The molecule has 2 aromatic rings. The smallest absolute Gasteiger partial charge is 0.244 e. The predicted octanol–water partition coefficient (Wildman–Crippen LogP) is 2.54. The molecule has 1 aromatic heterocycles. The molecule has 27 heavy (non-hydrogen) atoms. The molecule has 2 N–H and O–H groups in total. The summed E-state index contributed by atoms with van der Waals surface area (Å²) in [4.78, 5) is 22.7. The van der Waals surface area contributed by atoms with Gasteiger partial charge in [0.25, 0.3) is 0 Å². The van der Waals surface area contributed by atoms with Gasteiger partial charge >= 0.3 is 0 Å². The molecule has 6 nitrogen and oxygen atoms in total. The monoisotopic (exact) mass is 370 g/mol. The number of nitrogens with one attached hydrogen (secondary N) is 1. The van der Waals surface area contributed by atoms with Crippen molar-refractivity contribution in [1.29, 1.82) is 0 Å². The van der Waals surface area contributed by atoms with E-state index < -0.39 is 0 Å². The first-order valence-corrected chi connectivity index (χ1v) is 9.58. The Bertz CT molecular complexity index is 829. The van der Waals surface area contributed by atoms with Crippen LogP contribution < -0.4 is 0 Å². The summed E-state index contributed by atoms with van der Waals surface area (Å²) < 4.78 is 0. The number of fused-ring (bicyclic) bond motifs is 3. The van der Waals surface area contributed by atoms with Crippen molar-refractivity contribution in [3.8, 4) is 5.75 Å². The van der Waals surface area contributed by atoms with Gasteiger partial charge in [0.1, 0.15) is 5.75 Å². The van der Waals surface area contributed by atoms with Gasteiger partial charge in [0.05, 0.1) is 6.04 Å². The van der Waals surface area contributed by atoms with Crippen molar-refractivity contribution in [3.63, 3.8) is 0 Å². The van der Waals surface area contributed by atoms with E-state index in [9.17, 15) is 9.90 Å². The highest BCUT2D eigenvalue weighted by atomic mass is 16.3. The topological polar surface area (TPSA) is 62.8 Å². The maximum absolute atomic E-state index is 13.2. The van der Waals surface area contributed by atoms with Crippen LogP contribution >= 0.6 is 0 Å². The minimum Gasteiger partial charge on any atom is -0.508 e. The zero-order valence-electron chi connectivity index (χ0n) is 16.5. The van der Waals surface area contributed by atoms with Crippen molar-refractivity contribution in [2.24, 2.45) is 0 Å². The van der Waals surface area contributed by atoms with Gasteiger partial charge in [-0.05, 0) is 70.0 Å². The second-order valence-corrected chi connectivity index (χ2v) is 7.41. The second kappa shape index (κ2) is 8.15. The molecule has 1 aliphatic rings. The lowest BCUT2D eigenvalue weighted by Gasteiger charge is -2.34. The maximum Gasteiger partial charge on any atom is 0.244 e. The summed E-state index contributed by atoms with van der Waals surface area (Å²) in [6, 6.07) is 5.13. The molecular weight excluding hydrogens is 340 g/mol. The number of hydrogen-bond acceptors (Lipinski definition) is 4. The van der Waals surface area contributed by atoms with E-state index in [1.807, 2.05) is 13.1 Å². The molecule has 0 spiro atoms. The number of carbonyl (C=O) groups is 1. The molecule has 3 rings (SSSR count). The van der Waals surface area contributed by atoms with Crippen molar-refractivity contribution in [1.82, 2.24) is 19.7 Å². The van der Waals surface area contributed by atoms with Crippen molar-refractivity contribution in [2.45, 2.75) is 32.4 Å². The zero-order valence-corrected chi connectivity index (χ0v) is 16.5. The number of hydrogen-bond donors (Lipinski definition) is 2. The van der Waals surface area contributed by atoms with Crippen molar-refractivity contribution in [2.75, 3.05) is 33.7 Å². The number of amides is 1. The quantitative estimate of drug-likeness (QED) is 0.786. The van der Waals surface area contributed by atoms with Gasteiger partial charge in [0.2, 0.25) is 5.91 Å². The van der Waals surface area contributed by atoms with E-state index in [0.29, 0.717) is 19.5 Å². The molecule has 146 valence electrons. The lowest BCUT2D eigenvalue weighted by molar-refractivity contribution is -0.134. The van der Waals surface area contributed by atoms with Gasteiger partial charge in [-0.1, -0.05) is 13.5 Å². The third-order valence-electron chi connectivity index (χ3n) is 5.58. The average Bonchev–Trinajstić information content (AvgIpc) is 3.00. The van der Waals surface area contributed by atoms with Crippen LogP contribution in [-0.4, -0.2) is 70.5 Å². The Labute approximate surface area is 161 Å². The Morgan fingerprint density at radius 3 is 2.93 bits per heavy atom. The lowest BCUT2D eigenvalue weighted by Crippen LogP contribution is -2.49. The first-order chi connectivity index (χ1) is 12.9. The highest BCUT2D eigenvalue weighted by molar-refractivity contribution is 5.89. The van der Waals surface area contributed by atoms with E-state index in [2.05, 4.69) is 35.3 Å². The molecule has 0 saturated heterocycles. The van der Waals surface area contributed by atoms with E-state index in [1.165, 1.54) is 0 Å². The fourth-order valence-electron chi connectivity index (χ4n) is 3.80. The molecule has 0 fully saturated rings. The van der Waals surface area contributed by atoms with E-state index in [-0.39, 0.29) is 17.7 Å². The lowest BCUT2D eigenvalue weighted by atomic mass is 9.96. The average molecular weight is 370 g/mol. The minimum atomic E-state index is -0.222. The van der Waals surface area contributed by atoms with Gasteiger partial charge in [0.15, 0.2) is 0 Å². The summed E-state index contributed by atoms with van der Waals surface area (Å²) in [7, 11) is 4.07. The SMILES string of the molecule is C=CN(CCCN(C)CC)C(=O)[C@@H]1Cc2c([nH]c3ccc(O)cc23)CN1C. The van der Waals surface area contributed by atoms with Gasteiger partial charge < -0.3 is 19.9 Å². The summed E-state index contributed by atoms with van der Waals surface area (Å²) in [5.41, 5.74) is 3.26. The Kier molecular flexibility index (Phi) is 5.87. The molecule has 1 atom stereocenters. The maximum atomic E-state index is 13.2. The molecule has 1 amide bonds. The van der Waals surface area contributed by atoms with Crippen LogP contribution in [0.1, 0.15) is 24.6 Å². The summed E-state index contributed by atoms with van der Waals surface area (Å²) in [5, 5.41) is 10.9. The Morgan fingerprint density at radius 1 is 1.44 bits per heavy atom. The van der Waals surface area contributed by atoms with Crippen molar-refractivity contribution < 1.29 is 9.90 Å². The van der Waals surface area contributed by atoms with Crippen LogP contribution in [0.5, 0.6) is 5.75 Å². The van der Waals surface area contributed by atoms with Crippen LogP contribution in [0.3, 0.4) is 0 Å². The number of nitrogens with zero attached hydrogens (tertiary/aromatic N) is 3. The molecular formula is C21H30N4O2. The highest BCUT2D eigenvalue weighted by Gasteiger charge is 2.33. The second-order valence-electron chi connectivity index (χ2n) is 7.41. The summed E-state index contributed by atoms with van der Waals surface area (Å²) in [5.74, 6) is 0.339. The first-order valence-electron chi connectivity index (χ1n) is 9.58. The van der Waals surface area contributed by atoms with Crippen LogP contribution in [0.15, 0.2) is 31.0 Å². The number of phenolic OH excluding ortho intramolecular Hbond substituents is 1. The molecule has 0 bridgehead atoms. The van der Waals surface area contributed by atoms with Crippen LogP contribution in [0, 0.1) is 0 Å². The molecule has 1 aromatic carbocycles. The largest absolute Gasteiger partial charge is 0.508 e. The third-order valence-corrected chi connectivity index (χ3v) is 5.58. The van der Waals surface area contributed by atoms with Crippen molar-refractivity contribution in [3.05, 3.63) is 42.2 Å². The Morgan fingerprint density at radius 2 is 2.22 bits per heavy atom. The number of benzene rings is 1. The molecule has 0 radical (unpaired) electrons. The fourth-order valence-corrected chi connectivity index (χ4v) is 3.80. The standard InChI is InChI=1S/C21H30N4O2/c1-5-23(3)10-7-11-25(6-2)21(27)20-13-17-16-12-15(26)8-9-18(16)22-19(17)14-24(20)4/h6,8-9,12,20,22,26H,2,5,7,10-11,13-14H2,1,3-4H3/t20-/m0/s1. The zero-order chi connectivity index (χ0) is 19.6. The van der Waals surface area contributed by atoms with Crippen molar-refractivity contribution >= 4 is 16.8 Å². The van der Waals surface area contributed by atoms with Gasteiger partial charge in [-0.25, -0.2) is 0 Å². The molecule has 0 saturated carbocycles. The predicted molar refractivity (Wildman–Crippen MR) is 109 cm³/mol. The number of carbonyl (C=O) groups excluding carboxylic acids is 1. The Hall–Kier alpha value is -2.31. The van der Waals surface area contributed by atoms with E-state index in [4.69, 9.17) is 0 Å². The Balaban J connectivity index is 1.76. The number of aromatic amines is 1. The number of likely N-dealkylation sites (N-methyl/N-ethyl adjacent to an activating group) is 1. The van der Waals surface area contributed by atoms with Crippen LogP contribution in [-0.2, 0) is 17.8 Å². The summed E-state index contributed by atoms with van der Waals surface area (Å²) in [6.07, 6.45) is 3.21. The van der Waals surface area contributed by atoms with Gasteiger partial charge in [-0.3, -0.25) is 9.69 Å². The minimum absolute atomic E-state index is 0.0896. The van der Waals surface area contributed by atoms with E-state index in [0.717, 1.165) is 41.7 Å². The fraction of sp³-hybridized carbons (Fsp3) is 0.476. The van der Waals surface area contributed by atoms with Crippen LogP contribution in [0.25, 0.3) is 10.9 Å². The molecule has 6 heteroatoms. The molecule has 0 aliphatic carbocycles. The normalized spacial score (nSPS) is 17.3. The summed E-state index contributed by atoms with van der Waals surface area (Å²) >= 11 is 0. The van der Waals surface area contributed by atoms with Gasteiger partial charge in [-0.15, -0.1) is 0 Å². The number of H-pyrrole nitrogens is 1. The molecule has 1 aliphatic heterocycles. The van der Waals surface area contributed by atoms with Gasteiger partial charge in [0, 0.05) is 29.7 Å². The van der Waals surface area contributed by atoms with E-state index >= 15 is 0 Å². The van der Waals surface area contributed by atoms with Crippen LogP contribution in [0.4, 0.5) is 0 Å². The number of aromatic nitrogens is 1. The third kappa shape index (κ3) is 4.01. The van der Waals surface area contributed by atoms with E-state index in [1.54, 1.807) is 23.2 Å². The highest BCUT2D eigenvalue weighted by Crippen LogP contribution is 2.32. The van der Waals surface area contributed by atoms with Gasteiger partial charge in [-0.2, -0.15) is 0 Å². The molecule has 2 heterocycles.